The summed E-state index contributed by atoms with van der Waals surface area (Å²) in [5.74, 6) is 0.901. The van der Waals surface area contributed by atoms with Crippen molar-refractivity contribution in [1.82, 2.24) is 0 Å². The zero-order valence-electron chi connectivity index (χ0n) is 28.7. The normalized spacial score (nSPS) is 11.3. The van der Waals surface area contributed by atoms with E-state index in [1.54, 1.807) is 0 Å². The van der Waals surface area contributed by atoms with Gasteiger partial charge >= 0.3 is 0 Å². The molecule has 51 heavy (non-hydrogen) atoms. The molecule has 9 rings (SSSR count). The molecule has 1 heteroatoms. The lowest BCUT2D eigenvalue weighted by Crippen LogP contribution is -1.90. The van der Waals surface area contributed by atoms with Crippen LogP contribution in [0.25, 0.3) is 88.7 Å². The van der Waals surface area contributed by atoms with Crippen LogP contribution in [0.3, 0.4) is 0 Å². The Bertz CT molecular complexity index is 2660. The van der Waals surface area contributed by atoms with E-state index in [4.69, 9.17) is 4.42 Å². The Hall–Kier alpha value is -6.44. The fourth-order valence-corrected chi connectivity index (χ4v) is 7.41. The van der Waals surface area contributed by atoms with Crippen LogP contribution in [-0.2, 0) is 0 Å². The zero-order chi connectivity index (χ0) is 34.3. The van der Waals surface area contributed by atoms with Gasteiger partial charge in [0, 0.05) is 16.5 Å². The highest BCUT2D eigenvalue weighted by Gasteiger charge is 2.20. The van der Waals surface area contributed by atoms with Crippen LogP contribution >= 0.6 is 0 Å². The van der Waals surface area contributed by atoms with Crippen LogP contribution in [0.2, 0.25) is 0 Å². The number of hydrogen-bond acceptors (Lipinski definition) is 1. The zero-order valence-corrected chi connectivity index (χ0v) is 28.7. The smallest absolute Gasteiger partial charge is 0.143 e. The monoisotopic (exact) mass is 652 g/mol. The van der Waals surface area contributed by atoms with Crippen LogP contribution in [0.4, 0.5) is 0 Å². The summed E-state index contributed by atoms with van der Waals surface area (Å²) >= 11 is 0. The molecule has 0 fully saturated rings. The largest absolute Gasteiger partial charge is 0.455 e. The number of benzene rings is 8. The molecule has 0 N–H and O–H groups in total. The molecule has 0 unspecified atom stereocenters. The number of rotatable bonds is 6. The average Bonchev–Trinajstić information content (AvgIpc) is 3.57. The number of fused-ring (bicyclic) bond motifs is 2. The van der Waals surface area contributed by atoms with E-state index >= 15 is 0 Å². The van der Waals surface area contributed by atoms with Gasteiger partial charge in [-0.05, 0) is 92.9 Å². The molecule has 0 saturated carbocycles. The molecule has 0 amide bonds. The minimum Gasteiger partial charge on any atom is -0.455 e. The van der Waals surface area contributed by atoms with Crippen molar-refractivity contribution in [3.05, 3.63) is 193 Å². The fourth-order valence-electron chi connectivity index (χ4n) is 7.41. The summed E-state index contributed by atoms with van der Waals surface area (Å²) in [4.78, 5) is 0. The Morgan fingerprint density at radius 2 is 0.843 bits per heavy atom. The second-order valence-electron chi connectivity index (χ2n) is 13.4. The number of furan rings is 1. The molecule has 242 valence electrons. The molecular formula is C50H36O. The molecule has 0 spiro atoms. The first-order valence-corrected chi connectivity index (χ1v) is 17.6. The highest BCUT2D eigenvalue weighted by Crippen LogP contribution is 2.45. The molecule has 8 aromatic carbocycles. The van der Waals surface area contributed by atoms with E-state index in [1.165, 1.54) is 60.8 Å². The highest BCUT2D eigenvalue weighted by atomic mass is 16.3. The predicted octanol–water partition coefficient (Wildman–Crippen LogP) is 14.2. The molecule has 9 aromatic rings. The summed E-state index contributed by atoms with van der Waals surface area (Å²) in [5.41, 5.74) is 16.3. The molecule has 0 saturated heterocycles. The number of hydrogen-bond donors (Lipinski definition) is 0. The Balaban J connectivity index is 1.21. The molecule has 1 heterocycles. The van der Waals surface area contributed by atoms with Gasteiger partial charge in [-0.15, -0.1) is 0 Å². The average molecular weight is 653 g/mol. The van der Waals surface area contributed by atoms with Crippen molar-refractivity contribution in [3.63, 3.8) is 0 Å². The first kappa shape index (κ1) is 30.6. The molecule has 0 aliphatic heterocycles. The van der Waals surface area contributed by atoms with Gasteiger partial charge in [0.05, 0.1) is 0 Å². The van der Waals surface area contributed by atoms with Crippen LogP contribution in [0.1, 0.15) is 11.1 Å². The van der Waals surface area contributed by atoms with Crippen LogP contribution in [0.5, 0.6) is 0 Å². The lowest BCUT2D eigenvalue weighted by Gasteiger charge is -2.17. The van der Waals surface area contributed by atoms with Gasteiger partial charge in [0.25, 0.3) is 0 Å². The molecule has 0 atom stereocenters. The molecule has 0 aliphatic rings. The second-order valence-corrected chi connectivity index (χ2v) is 13.4. The van der Waals surface area contributed by atoms with Gasteiger partial charge in [0.2, 0.25) is 0 Å². The lowest BCUT2D eigenvalue weighted by atomic mass is 9.87. The molecular weight excluding hydrogens is 617 g/mol. The maximum absolute atomic E-state index is 6.79. The summed E-state index contributed by atoms with van der Waals surface area (Å²) in [6, 6.07) is 65.7. The van der Waals surface area contributed by atoms with E-state index in [0.717, 1.165) is 39.0 Å². The maximum atomic E-state index is 6.79. The Kier molecular flexibility index (Phi) is 7.67. The first-order valence-electron chi connectivity index (χ1n) is 17.6. The van der Waals surface area contributed by atoms with Gasteiger partial charge in [-0.1, -0.05) is 175 Å². The van der Waals surface area contributed by atoms with E-state index < -0.39 is 0 Å². The molecule has 1 nitrogen and oxygen atoms in total. The van der Waals surface area contributed by atoms with Gasteiger partial charge in [-0.2, -0.15) is 0 Å². The van der Waals surface area contributed by atoms with E-state index in [2.05, 4.69) is 196 Å². The lowest BCUT2D eigenvalue weighted by molar-refractivity contribution is 0.632. The minimum absolute atomic E-state index is 0.884. The summed E-state index contributed by atoms with van der Waals surface area (Å²) in [6.45, 7) is 4.25. The third-order valence-corrected chi connectivity index (χ3v) is 10.1. The standard InChI is InChI=1S/C50H36O/c1-33-17-21-37(22-18-33)49-46-28-26-40(32-48(46)51-50(49)38-23-19-34(2)20-24-38)41-29-30-44(43-16-10-9-15-42(41)43)45-27-25-39(35-11-5-3-6-12-35)31-47(45)36-13-7-4-8-14-36/h3-32H,1-2H3. The van der Waals surface area contributed by atoms with Crippen molar-refractivity contribution in [2.24, 2.45) is 0 Å². The van der Waals surface area contributed by atoms with Gasteiger partial charge in [-0.25, -0.2) is 0 Å². The van der Waals surface area contributed by atoms with Crippen molar-refractivity contribution in [2.45, 2.75) is 13.8 Å². The van der Waals surface area contributed by atoms with E-state index in [0.29, 0.717) is 0 Å². The second kappa shape index (κ2) is 12.8. The third kappa shape index (κ3) is 5.63. The quantitative estimate of drug-likeness (QED) is 0.174. The van der Waals surface area contributed by atoms with Crippen molar-refractivity contribution < 1.29 is 4.42 Å². The van der Waals surface area contributed by atoms with Crippen molar-refractivity contribution in [3.8, 4) is 67.0 Å². The maximum Gasteiger partial charge on any atom is 0.143 e. The molecule has 0 bridgehead atoms. The fraction of sp³-hybridized carbons (Fsp3) is 0.0400. The van der Waals surface area contributed by atoms with E-state index in [9.17, 15) is 0 Å². The van der Waals surface area contributed by atoms with E-state index in [-0.39, 0.29) is 0 Å². The Labute approximate surface area is 299 Å². The molecule has 0 radical (unpaired) electrons. The third-order valence-electron chi connectivity index (χ3n) is 10.1. The highest BCUT2D eigenvalue weighted by molar-refractivity contribution is 6.09. The van der Waals surface area contributed by atoms with E-state index in [1.807, 2.05) is 0 Å². The van der Waals surface area contributed by atoms with Gasteiger partial charge in [0.15, 0.2) is 0 Å². The SMILES string of the molecule is Cc1ccc(-c2oc3cc(-c4ccc(-c5ccc(-c6ccccc6)cc5-c5ccccc5)c5ccccc45)ccc3c2-c2ccc(C)cc2)cc1. The minimum atomic E-state index is 0.884. The summed E-state index contributed by atoms with van der Waals surface area (Å²) in [5, 5.41) is 3.55. The molecule has 1 aromatic heterocycles. The molecule has 0 aliphatic carbocycles. The van der Waals surface area contributed by atoms with Crippen LogP contribution in [0, 0.1) is 13.8 Å². The van der Waals surface area contributed by atoms with Gasteiger partial charge in [0.1, 0.15) is 11.3 Å². The van der Waals surface area contributed by atoms with Crippen molar-refractivity contribution >= 4 is 21.7 Å². The van der Waals surface area contributed by atoms with Gasteiger partial charge in [-0.3, -0.25) is 0 Å². The van der Waals surface area contributed by atoms with Crippen molar-refractivity contribution in [1.29, 1.82) is 0 Å². The first-order chi connectivity index (χ1) is 25.1. The Morgan fingerprint density at radius 1 is 0.314 bits per heavy atom. The van der Waals surface area contributed by atoms with Crippen LogP contribution in [-0.4, -0.2) is 0 Å². The van der Waals surface area contributed by atoms with Crippen LogP contribution < -0.4 is 0 Å². The number of aryl methyl sites for hydroxylation is 2. The Morgan fingerprint density at radius 3 is 1.53 bits per heavy atom. The predicted molar refractivity (Wildman–Crippen MR) is 216 cm³/mol. The summed E-state index contributed by atoms with van der Waals surface area (Å²) in [6.07, 6.45) is 0. The summed E-state index contributed by atoms with van der Waals surface area (Å²) in [7, 11) is 0. The van der Waals surface area contributed by atoms with Crippen LogP contribution in [0.15, 0.2) is 186 Å². The van der Waals surface area contributed by atoms with Gasteiger partial charge < -0.3 is 4.42 Å². The summed E-state index contributed by atoms with van der Waals surface area (Å²) < 4.78 is 6.79. The topological polar surface area (TPSA) is 13.1 Å². The van der Waals surface area contributed by atoms with Crippen molar-refractivity contribution in [2.75, 3.05) is 0 Å².